The Balaban J connectivity index is 1.75. The highest BCUT2D eigenvalue weighted by Crippen LogP contribution is 2.46. The van der Waals surface area contributed by atoms with E-state index in [1.165, 1.54) is 17.8 Å². The van der Waals surface area contributed by atoms with Gasteiger partial charge in [-0.1, -0.05) is 37.3 Å². The third-order valence-corrected chi connectivity index (χ3v) is 5.08. The summed E-state index contributed by atoms with van der Waals surface area (Å²) in [4.78, 5) is 25.2. The fourth-order valence-corrected chi connectivity index (χ4v) is 3.49. The Labute approximate surface area is 157 Å². The second kappa shape index (κ2) is 8.41. The van der Waals surface area contributed by atoms with Gasteiger partial charge in [0.15, 0.2) is 5.78 Å². The highest BCUT2D eigenvalue weighted by Gasteiger charge is 2.34. The van der Waals surface area contributed by atoms with Gasteiger partial charge in [-0.25, -0.2) is 4.79 Å². The Morgan fingerprint density at radius 3 is 2.62 bits per heavy atom. The first-order chi connectivity index (χ1) is 12.6. The molecule has 1 heterocycles. The molecule has 4 nitrogen and oxygen atoms in total. The number of hydrogen-bond acceptors (Lipinski definition) is 5. The van der Waals surface area contributed by atoms with Crippen molar-refractivity contribution in [3.63, 3.8) is 0 Å². The van der Waals surface area contributed by atoms with Gasteiger partial charge in [0.1, 0.15) is 18.1 Å². The molecule has 0 spiro atoms. The quantitative estimate of drug-likeness (QED) is 0.276. The van der Waals surface area contributed by atoms with Crippen LogP contribution in [-0.2, 0) is 16.1 Å². The summed E-state index contributed by atoms with van der Waals surface area (Å²) in [5, 5.41) is 0. The minimum atomic E-state index is -0.436. The Morgan fingerprint density at radius 2 is 2.00 bits per heavy atom. The molecule has 1 aliphatic carbocycles. The van der Waals surface area contributed by atoms with Crippen molar-refractivity contribution in [2.75, 3.05) is 6.26 Å². The van der Waals surface area contributed by atoms with Crippen LogP contribution < -0.4 is 0 Å². The molecule has 1 saturated carbocycles. The van der Waals surface area contributed by atoms with Gasteiger partial charge in [0, 0.05) is 18.4 Å². The second-order valence-electron chi connectivity index (χ2n) is 6.22. The lowest BCUT2D eigenvalue weighted by molar-refractivity contribution is -0.138. The molecule has 1 aromatic carbocycles. The average Bonchev–Trinajstić information content (AvgIpc) is 3.45. The van der Waals surface area contributed by atoms with E-state index < -0.39 is 5.97 Å². The van der Waals surface area contributed by atoms with Gasteiger partial charge < -0.3 is 9.15 Å². The molecule has 2 aromatic rings. The SMILES string of the molecule is CCC(=O)c1c(C2CC2)oc(/C=C/C(=O)OCc2ccccc2)c1SC. The zero-order valence-corrected chi connectivity index (χ0v) is 15.8. The molecule has 0 N–H and O–H groups in total. The maximum atomic E-state index is 12.4. The van der Waals surface area contributed by atoms with E-state index in [0.29, 0.717) is 23.7 Å². The molecule has 0 bridgehead atoms. The third-order valence-electron chi connectivity index (χ3n) is 4.26. The van der Waals surface area contributed by atoms with E-state index in [1.807, 2.05) is 43.5 Å². The first kappa shape index (κ1) is 18.5. The fraction of sp³-hybridized carbons (Fsp3) is 0.333. The predicted molar refractivity (Wildman–Crippen MR) is 102 cm³/mol. The van der Waals surface area contributed by atoms with Gasteiger partial charge in [0.05, 0.1) is 10.5 Å². The number of ether oxygens (including phenoxy) is 1. The molecule has 0 radical (unpaired) electrons. The topological polar surface area (TPSA) is 56.5 Å². The van der Waals surface area contributed by atoms with Gasteiger partial charge in [-0.2, -0.15) is 0 Å². The lowest BCUT2D eigenvalue weighted by atomic mass is 10.1. The van der Waals surface area contributed by atoms with Crippen LogP contribution in [0.15, 0.2) is 45.7 Å². The largest absolute Gasteiger partial charge is 0.459 e. The van der Waals surface area contributed by atoms with Gasteiger partial charge in [-0.05, 0) is 30.7 Å². The van der Waals surface area contributed by atoms with Crippen molar-refractivity contribution >= 4 is 29.6 Å². The van der Waals surface area contributed by atoms with Crippen molar-refractivity contribution < 1.29 is 18.7 Å². The second-order valence-corrected chi connectivity index (χ2v) is 7.03. The molecule has 1 fully saturated rings. The number of carbonyl (C=O) groups is 2. The van der Waals surface area contributed by atoms with Gasteiger partial charge in [0.25, 0.3) is 0 Å². The van der Waals surface area contributed by atoms with Crippen molar-refractivity contribution in [1.82, 2.24) is 0 Å². The number of esters is 1. The standard InChI is InChI=1S/C21H22O4S/c1-3-16(22)19-20(15-9-10-15)25-17(21(19)26-2)11-12-18(23)24-13-14-7-5-4-6-8-14/h4-8,11-12,15H,3,9-10,13H2,1-2H3/b12-11+. The zero-order valence-electron chi connectivity index (χ0n) is 15.0. The Bertz CT molecular complexity index is 816. The number of rotatable bonds is 8. The van der Waals surface area contributed by atoms with E-state index in [9.17, 15) is 9.59 Å². The fourth-order valence-electron chi connectivity index (χ4n) is 2.76. The molecule has 3 rings (SSSR count). The van der Waals surface area contributed by atoms with Crippen molar-refractivity contribution in [3.05, 3.63) is 59.1 Å². The monoisotopic (exact) mass is 370 g/mol. The van der Waals surface area contributed by atoms with E-state index in [0.717, 1.165) is 29.1 Å². The summed E-state index contributed by atoms with van der Waals surface area (Å²) in [6.45, 7) is 2.08. The van der Waals surface area contributed by atoms with E-state index in [-0.39, 0.29) is 12.4 Å². The highest BCUT2D eigenvalue weighted by molar-refractivity contribution is 7.98. The molecule has 0 aliphatic heterocycles. The maximum absolute atomic E-state index is 12.4. The van der Waals surface area contributed by atoms with Crippen LogP contribution in [0.25, 0.3) is 6.08 Å². The van der Waals surface area contributed by atoms with Crippen molar-refractivity contribution in [1.29, 1.82) is 0 Å². The smallest absolute Gasteiger partial charge is 0.331 e. The van der Waals surface area contributed by atoms with E-state index in [1.54, 1.807) is 6.08 Å². The molecule has 0 amide bonds. The molecule has 1 aromatic heterocycles. The highest BCUT2D eigenvalue weighted by atomic mass is 32.2. The minimum Gasteiger partial charge on any atom is -0.459 e. The normalized spacial score (nSPS) is 13.9. The van der Waals surface area contributed by atoms with E-state index in [2.05, 4.69) is 0 Å². The number of ketones is 1. The molecule has 26 heavy (non-hydrogen) atoms. The van der Waals surface area contributed by atoms with Crippen LogP contribution in [0.4, 0.5) is 0 Å². The summed E-state index contributed by atoms with van der Waals surface area (Å²) >= 11 is 1.48. The molecule has 5 heteroatoms. The summed E-state index contributed by atoms with van der Waals surface area (Å²) < 4.78 is 11.2. The number of hydrogen-bond donors (Lipinski definition) is 0. The Hall–Kier alpha value is -2.27. The van der Waals surface area contributed by atoms with E-state index >= 15 is 0 Å². The lowest BCUT2D eigenvalue weighted by Crippen LogP contribution is -2.01. The first-order valence-corrected chi connectivity index (χ1v) is 9.99. The van der Waals surface area contributed by atoms with Crippen LogP contribution in [0.5, 0.6) is 0 Å². The molecule has 136 valence electrons. The molecular formula is C21H22O4S. The average molecular weight is 370 g/mol. The van der Waals surface area contributed by atoms with Crippen LogP contribution >= 0.6 is 11.8 Å². The van der Waals surface area contributed by atoms with Crippen LogP contribution in [-0.4, -0.2) is 18.0 Å². The minimum absolute atomic E-state index is 0.0892. The van der Waals surface area contributed by atoms with Gasteiger partial charge in [-0.3, -0.25) is 4.79 Å². The maximum Gasteiger partial charge on any atom is 0.331 e. The number of carbonyl (C=O) groups excluding carboxylic acids is 2. The van der Waals surface area contributed by atoms with Crippen LogP contribution in [0.3, 0.4) is 0 Å². The van der Waals surface area contributed by atoms with Gasteiger partial charge in [0.2, 0.25) is 0 Å². The number of furan rings is 1. The Morgan fingerprint density at radius 1 is 1.27 bits per heavy atom. The molecule has 0 unspecified atom stereocenters. The van der Waals surface area contributed by atoms with Crippen molar-refractivity contribution in [3.8, 4) is 0 Å². The summed E-state index contributed by atoms with van der Waals surface area (Å²) in [5.74, 6) is 1.32. The predicted octanol–water partition coefficient (Wildman–Crippen LogP) is 5.23. The molecule has 0 saturated heterocycles. The van der Waals surface area contributed by atoms with Crippen molar-refractivity contribution in [2.45, 2.75) is 43.6 Å². The summed E-state index contributed by atoms with van der Waals surface area (Å²) in [6.07, 6.45) is 7.42. The lowest BCUT2D eigenvalue weighted by Gasteiger charge is -2.01. The molecular weight excluding hydrogens is 348 g/mol. The summed E-state index contributed by atoms with van der Waals surface area (Å²) in [5.41, 5.74) is 1.63. The summed E-state index contributed by atoms with van der Waals surface area (Å²) in [6, 6.07) is 9.52. The van der Waals surface area contributed by atoms with Crippen LogP contribution in [0, 0.1) is 0 Å². The van der Waals surface area contributed by atoms with E-state index in [4.69, 9.17) is 9.15 Å². The molecule has 0 atom stereocenters. The number of Topliss-reactive ketones (excluding diaryl/α,β-unsaturated/α-hetero) is 1. The third kappa shape index (κ3) is 4.28. The first-order valence-electron chi connectivity index (χ1n) is 8.76. The summed E-state index contributed by atoms with van der Waals surface area (Å²) in [7, 11) is 0. The number of benzene rings is 1. The van der Waals surface area contributed by atoms with Crippen LogP contribution in [0.2, 0.25) is 0 Å². The zero-order chi connectivity index (χ0) is 18.5. The van der Waals surface area contributed by atoms with Gasteiger partial charge >= 0.3 is 5.97 Å². The van der Waals surface area contributed by atoms with Crippen molar-refractivity contribution in [2.24, 2.45) is 0 Å². The number of thioether (sulfide) groups is 1. The van der Waals surface area contributed by atoms with Crippen LogP contribution in [0.1, 0.15) is 59.5 Å². The van der Waals surface area contributed by atoms with Gasteiger partial charge in [-0.15, -0.1) is 11.8 Å². The molecule has 1 aliphatic rings. The Kier molecular flexibility index (Phi) is 5.99.